The number of carbonyl (C=O) groups is 1. The number of amides is 1. The minimum atomic E-state index is -0.189. The van der Waals surface area contributed by atoms with Crippen molar-refractivity contribution in [3.63, 3.8) is 0 Å². The Bertz CT molecular complexity index is 776. The van der Waals surface area contributed by atoms with Gasteiger partial charge >= 0.3 is 0 Å². The SMILES string of the molecule is CCCCOc1cccc(C(=O)Nc2ccc(N3CCOCC3)c(Cl)c2)c1. The van der Waals surface area contributed by atoms with Gasteiger partial charge in [0.1, 0.15) is 5.75 Å². The van der Waals surface area contributed by atoms with Gasteiger partial charge in [0.25, 0.3) is 5.91 Å². The Hall–Kier alpha value is -2.24. The van der Waals surface area contributed by atoms with Gasteiger partial charge in [-0.2, -0.15) is 0 Å². The van der Waals surface area contributed by atoms with Crippen LogP contribution in [-0.4, -0.2) is 38.8 Å². The van der Waals surface area contributed by atoms with Crippen molar-refractivity contribution in [1.29, 1.82) is 0 Å². The van der Waals surface area contributed by atoms with Gasteiger partial charge in [-0.15, -0.1) is 0 Å². The molecule has 1 heterocycles. The maximum Gasteiger partial charge on any atom is 0.255 e. The van der Waals surface area contributed by atoms with Gasteiger partial charge in [0, 0.05) is 24.3 Å². The Morgan fingerprint density at radius 1 is 1.22 bits per heavy atom. The fraction of sp³-hybridized carbons (Fsp3) is 0.381. The third kappa shape index (κ3) is 5.37. The van der Waals surface area contributed by atoms with Crippen LogP contribution >= 0.6 is 11.6 Å². The Balaban J connectivity index is 1.65. The highest BCUT2D eigenvalue weighted by molar-refractivity contribution is 6.33. The zero-order valence-electron chi connectivity index (χ0n) is 15.5. The average Bonchev–Trinajstić information content (AvgIpc) is 2.69. The number of rotatable bonds is 7. The lowest BCUT2D eigenvalue weighted by Crippen LogP contribution is -2.36. The zero-order chi connectivity index (χ0) is 19.1. The predicted octanol–water partition coefficient (Wildman–Crippen LogP) is 4.61. The molecule has 1 aliphatic heterocycles. The number of nitrogens with zero attached hydrogens (tertiary/aromatic N) is 1. The molecule has 0 saturated carbocycles. The number of hydrogen-bond donors (Lipinski definition) is 1. The molecule has 1 amide bonds. The van der Waals surface area contributed by atoms with Crippen molar-refractivity contribution < 1.29 is 14.3 Å². The van der Waals surface area contributed by atoms with Crippen LogP contribution in [0.2, 0.25) is 5.02 Å². The van der Waals surface area contributed by atoms with E-state index in [1.807, 2.05) is 24.3 Å². The van der Waals surface area contributed by atoms with Crippen LogP contribution < -0.4 is 15.0 Å². The number of carbonyl (C=O) groups excluding carboxylic acids is 1. The monoisotopic (exact) mass is 388 g/mol. The number of morpholine rings is 1. The highest BCUT2D eigenvalue weighted by Crippen LogP contribution is 2.29. The normalized spacial score (nSPS) is 14.1. The summed E-state index contributed by atoms with van der Waals surface area (Å²) in [7, 11) is 0. The van der Waals surface area contributed by atoms with E-state index in [9.17, 15) is 4.79 Å². The van der Waals surface area contributed by atoms with E-state index in [0.717, 1.165) is 31.6 Å². The molecular weight excluding hydrogens is 364 g/mol. The number of anilines is 2. The first-order valence-corrected chi connectivity index (χ1v) is 9.71. The van der Waals surface area contributed by atoms with Gasteiger partial charge in [-0.3, -0.25) is 4.79 Å². The Morgan fingerprint density at radius 2 is 2.04 bits per heavy atom. The van der Waals surface area contributed by atoms with Crippen LogP contribution in [0.4, 0.5) is 11.4 Å². The van der Waals surface area contributed by atoms with E-state index in [0.29, 0.717) is 41.8 Å². The lowest BCUT2D eigenvalue weighted by molar-refractivity contribution is 0.102. The summed E-state index contributed by atoms with van der Waals surface area (Å²) >= 11 is 6.43. The maximum absolute atomic E-state index is 12.6. The van der Waals surface area contributed by atoms with E-state index in [-0.39, 0.29) is 5.91 Å². The number of nitrogens with one attached hydrogen (secondary N) is 1. The molecule has 0 aliphatic carbocycles. The summed E-state index contributed by atoms with van der Waals surface area (Å²) in [6.45, 7) is 5.80. The van der Waals surface area contributed by atoms with E-state index >= 15 is 0 Å². The Kier molecular flexibility index (Phi) is 6.96. The van der Waals surface area contributed by atoms with Crippen LogP contribution in [-0.2, 0) is 4.74 Å². The van der Waals surface area contributed by atoms with Crippen LogP contribution in [0, 0.1) is 0 Å². The predicted molar refractivity (Wildman–Crippen MR) is 109 cm³/mol. The first-order valence-electron chi connectivity index (χ1n) is 9.34. The molecule has 6 heteroatoms. The fourth-order valence-corrected chi connectivity index (χ4v) is 3.21. The summed E-state index contributed by atoms with van der Waals surface area (Å²) in [6.07, 6.45) is 2.06. The average molecular weight is 389 g/mol. The van der Waals surface area contributed by atoms with Gasteiger partial charge in [-0.05, 0) is 42.8 Å². The molecule has 2 aromatic rings. The number of ether oxygens (including phenoxy) is 2. The van der Waals surface area contributed by atoms with Crippen LogP contribution in [0.15, 0.2) is 42.5 Å². The van der Waals surface area contributed by atoms with Crippen LogP contribution in [0.5, 0.6) is 5.75 Å². The number of hydrogen-bond acceptors (Lipinski definition) is 4. The summed E-state index contributed by atoms with van der Waals surface area (Å²) in [5, 5.41) is 3.52. The van der Waals surface area contributed by atoms with Crippen molar-refractivity contribution in [2.24, 2.45) is 0 Å². The third-order valence-corrected chi connectivity index (χ3v) is 4.72. The van der Waals surface area contributed by atoms with E-state index in [1.165, 1.54) is 0 Å². The molecule has 3 rings (SSSR count). The quantitative estimate of drug-likeness (QED) is 0.704. The molecule has 0 atom stereocenters. The van der Waals surface area contributed by atoms with Crippen molar-refractivity contribution in [2.45, 2.75) is 19.8 Å². The second-order valence-electron chi connectivity index (χ2n) is 6.45. The van der Waals surface area contributed by atoms with Crippen LogP contribution in [0.25, 0.3) is 0 Å². The number of unbranched alkanes of at least 4 members (excludes halogenated alkanes) is 1. The Labute approximate surface area is 165 Å². The number of benzene rings is 2. The minimum Gasteiger partial charge on any atom is -0.494 e. The maximum atomic E-state index is 12.6. The van der Waals surface area contributed by atoms with Gasteiger partial charge in [0.2, 0.25) is 0 Å². The molecule has 0 radical (unpaired) electrons. The Morgan fingerprint density at radius 3 is 2.78 bits per heavy atom. The standard InChI is InChI=1S/C21H25ClN2O3/c1-2-3-11-27-18-6-4-5-16(14-18)21(25)23-17-7-8-20(19(22)15-17)24-9-12-26-13-10-24/h4-8,14-15H,2-3,9-13H2,1H3,(H,23,25). The van der Waals surface area contributed by atoms with Gasteiger partial charge in [-0.1, -0.05) is 31.0 Å². The molecule has 5 nitrogen and oxygen atoms in total. The van der Waals surface area contributed by atoms with E-state index in [4.69, 9.17) is 21.1 Å². The molecule has 1 fully saturated rings. The minimum absolute atomic E-state index is 0.189. The molecule has 2 aromatic carbocycles. The van der Waals surface area contributed by atoms with E-state index in [1.54, 1.807) is 18.2 Å². The summed E-state index contributed by atoms with van der Waals surface area (Å²) in [6, 6.07) is 12.8. The van der Waals surface area contributed by atoms with Crippen LogP contribution in [0.3, 0.4) is 0 Å². The van der Waals surface area contributed by atoms with Gasteiger partial charge in [0.05, 0.1) is 30.5 Å². The first-order chi connectivity index (χ1) is 13.2. The third-order valence-electron chi connectivity index (χ3n) is 4.42. The highest BCUT2D eigenvalue weighted by Gasteiger charge is 2.15. The van der Waals surface area contributed by atoms with E-state index in [2.05, 4.69) is 17.1 Å². The van der Waals surface area contributed by atoms with Gasteiger partial charge in [-0.25, -0.2) is 0 Å². The summed E-state index contributed by atoms with van der Waals surface area (Å²) < 4.78 is 11.0. The van der Waals surface area contributed by atoms with Crippen molar-refractivity contribution in [3.05, 3.63) is 53.1 Å². The van der Waals surface area contributed by atoms with Gasteiger partial charge in [0.15, 0.2) is 0 Å². The summed E-state index contributed by atoms with van der Waals surface area (Å²) in [4.78, 5) is 14.7. The molecule has 0 spiro atoms. The number of halogens is 1. The second-order valence-corrected chi connectivity index (χ2v) is 6.86. The lowest BCUT2D eigenvalue weighted by Gasteiger charge is -2.29. The smallest absolute Gasteiger partial charge is 0.255 e. The summed E-state index contributed by atoms with van der Waals surface area (Å²) in [5.41, 5.74) is 2.18. The molecule has 0 unspecified atom stereocenters. The molecule has 27 heavy (non-hydrogen) atoms. The van der Waals surface area contributed by atoms with Crippen molar-refractivity contribution in [1.82, 2.24) is 0 Å². The molecular formula is C21H25ClN2O3. The highest BCUT2D eigenvalue weighted by atomic mass is 35.5. The zero-order valence-corrected chi connectivity index (χ0v) is 16.3. The van der Waals surface area contributed by atoms with Gasteiger partial charge < -0.3 is 19.7 Å². The molecule has 0 bridgehead atoms. The van der Waals surface area contributed by atoms with E-state index < -0.39 is 0 Å². The largest absolute Gasteiger partial charge is 0.494 e. The van der Waals surface area contributed by atoms with Crippen molar-refractivity contribution in [3.8, 4) is 5.75 Å². The summed E-state index contributed by atoms with van der Waals surface area (Å²) in [5.74, 6) is 0.517. The van der Waals surface area contributed by atoms with Crippen molar-refractivity contribution >= 4 is 28.9 Å². The molecule has 1 aliphatic rings. The lowest BCUT2D eigenvalue weighted by atomic mass is 10.2. The first kappa shape index (κ1) is 19.5. The fourth-order valence-electron chi connectivity index (χ4n) is 2.91. The molecule has 144 valence electrons. The molecule has 0 aromatic heterocycles. The molecule has 1 N–H and O–H groups in total. The van der Waals surface area contributed by atoms with Crippen LogP contribution in [0.1, 0.15) is 30.1 Å². The molecule has 1 saturated heterocycles. The van der Waals surface area contributed by atoms with Crippen molar-refractivity contribution in [2.75, 3.05) is 43.1 Å². The topological polar surface area (TPSA) is 50.8 Å². The second kappa shape index (κ2) is 9.62.